The van der Waals surface area contributed by atoms with E-state index in [1.165, 1.54) is 23.1 Å². The summed E-state index contributed by atoms with van der Waals surface area (Å²) in [6.07, 6.45) is 0.0134. The molecule has 9 heteroatoms. The lowest BCUT2D eigenvalue weighted by molar-refractivity contribution is -0.385. The molecule has 1 heterocycles. The number of nitro groups is 1. The molecule has 2 aromatic carbocycles. The van der Waals surface area contributed by atoms with E-state index in [9.17, 15) is 24.5 Å². The first kappa shape index (κ1) is 20.0. The Kier molecular flexibility index (Phi) is 5.87. The minimum atomic E-state index is -0.657. The van der Waals surface area contributed by atoms with E-state index in [1.807, 2.05) is 6.07 Å². The van der Waals surface area contributed by atoms with E-state index in [-0.39, 0.29) is 30.2 Å². The van der Waals surface area contributed by atoms with Crippen molar-refractivity contribution in [1.29, 1.82) is 0 Å². The first-order valence-corrected chi connectivity index (χ1v) is 8.92. The molecule has 1 saturated heterocycles. The highest BCUT2D eigenvalue weighted by Gasteiger charge is 2.36. The van der Waals surface area contributed by atoms with Gasteiger partial charge < -0.3 is 15.0 Å². The van der Waals surface area contributed by atoms with Gasteiger partial charge in [-0.25, -0.2) is 0 Å². The number of nitrogens with zero attached hydrogens (tertiary/aromatic N) is 2. The van der Waals surface area contributed by atoms with Gasteiger partial charge in [0.15, 0.2) is 6.61 Å². The Morgan fingerprint density at radius 2 is 1.97 bits per heavy atom. The number of carbonyl (C=O) groups excluding carboxylic acids is 3. The first-order chi connectivity index (χ1) is 13.8. The number of nitrogens with one attached hydrogen (secondary N) is 1. The van der Waals surface area contributed by atoms with Crippen molar-refractivity contribution < 1.29 is 24.0 Å². The zero-order valence-electron chi connectivity index (χ0n) is 15.7. The summed E-state index contributed by atoms with van der Waals surface area (Å²) in [5.74, 6) is -2.10. The van der Waals surface area contributed by atoms with Crippen molar-refractivity contribution in [3.05, 3.63) is 64.2 Å². The molecular weight excluding hydrogens is 378 g/mol. The Morgan fingerprint density at radius 3 is 2.66 bits per heavy atom. The maximum absolute atomic E-state index is 12.2. The summed E-state index contributed by atoms with van der Waals surface area (Å²) in [6.45, 7) is 1.23. The number of anilines is 2. The number of amides is 2. The Hall–Kier alpha value is -3.75. The Bertz CT molecular complexity index is 960. The summed E-state index contributed by atoms with van der Waals surface area (Å²) < 4.78 is 5.03. The molecule has 0 spiro atoms. The molecule has 2 aromatic rings. The van der Waals surface area contributed by atoms with Crippen molar-refractivity contribution in [3.8, 4) is 0 Å². The van der Waals surface area contributed by atoms with Gasteiger partial charge >= 0.3 is 5.97 Å². The number of ether oxygens (including phenoxy) is 1. The summed E-state index contributed by atoms with van der Waals surface area (Å²) >= 11 is 0. The predicted molar refractivity (Wildman–Crippen MR) is 104 cm³/mol. The molecule has 1 atom stereocenters. The number of para-hydroxylation sites is 1. The Labute approximate surface area is 166 Å². The molecule has 0 bridgehead atoms. The van der Waals surface area contributed by atoms with Crippen molar-refractivity contribution in [2.45, 2.75) is 13.3 Å². The van der Waals surface area contributed by atoms with E-state index in [2.05, 4.69) is 5.32 Å². The minimum Gasteiger partial charge on any atom is -0.455 e. The summed E-state index contributed by atoms with van der Waals surface area (Å²) in [5, 5.41) is 13.4. The molecule has 1 N–H and O–H groups in total. The van der Waals surface area contributed by atoms with Crippen LogP contribution in [-0.4, -0.2) is 35.9 Å². The second-order valence-corrected chi connectivity index (χ2v) is 6.66. The minimum absolute atomic E-state index is 0.0134. The third-order valence-corrected chi connectivity index (χ3v) is 4.56. The number of benzene rings is 2. The number of hydrogen-bond donors (Lipinski definition) is 1. The topological polar surface area (TPSA) is 119 Å². The van der Waals surface area contributed by atoms with Crippen LogP contribution in [0.5, 0.6) is 0 Å². The lowest BCUT2D eigenvalue weighted by Gasteiger charge is -2.16. The number of esters is 1. The molecule has 3 rings (SSSR count). The number of hydrogen-bond acceptors (Lipinski definition) is 6. The van der Waals surface area contributed by atoms with Gasteiger partial charge in [0.2, 0.25) is 5.91 Å². The van der Waals surface area contributed by atoms with E-state index in [0.29, 0.717) is 11.3 Å². The average Bonchev–Trinajstić information content (AvgIpc) is 3.10. The van der Waals surface area contributed by atoms with E-state index < -0.39 is 29.3 Å². The molecule has 2 amide bonds. The van der Waals surface area contributed by atoms with Gasteiger partial charge in [0.1, 0.15) is 0 Å². The highest BCUT2D eigenvalue weighted by Crippen LogP contribution is 2.26. The van der Waals surface area contributed by atoms with Gasteiger partial charge in [0.25, 0.3) is 11.6 Å². The summed E-state index contributed by atoms with van der Waals surface area (Å²) in [5.41, 5.74) is 1.28. The highest BCUT2D eigenvalue weighted by molar-refractivity contribution is 6.00. The van der Waals surface area contributed by atoms with Gasteiger partial charge in [-0.3, -0.25) is 24.5 Å². The highest BCUT2D eigenvalue weighted by atomic mass is 16.6. The SMILES string of the molecule is Cc1ccc(NC(=O)COC(=O)[C@H]2CC(=O)N(c3ccccc3)C2)cc1[N+](=O)[O-]. The Morgan fingerprint density at radius 1 is 1.24 bits per heavy atom. The zero-order valence-corrected chi connectivity index (χ0v) is 15.7. The molecule has 0 unspecified atom stereocenters. The molecule has 0 saturated carbocycles. The van der Waals surface area contributed by atoms with E-state index in [4.69, 9.17) is 4.74 Å². The van der Waals surface area contributed by atoms with Crippen molar-refractivity contribution >= 4 is 34.8 Å². The van der Waals surface area contributed by atoms with Crippen LogP contribution in [-0.2, 0) is 19.1 Å². The van der Waals surface area contributed by atoms with E-state index in [0.717, 1.165) is 0 Å². The maximum atomic E-state index is 12.2. The fourth-order valence-corrected chi connectivity index (χ4v) is 3.06. The second kappa shape index (κ2) is 8.51. The number of rotatable bonds is 6. The summed E-state index contributed by atoms with van der Waals surface area (Å²) in [4.78, 5) is 48.4. The van der Waals surface area contributed by atoms with Crippen LogP contribution in [0, 0.1) is 23.0 Å². The van der Waals surface area contributed by atoms with E-state index >= 15 is 0 Å². The lowest BCUT2D eigenvalue weighted by atomic mass is 10.1. The molecule has 1 aliphatic heterocycles. The van der Waals surface area contributed by atoms with Gasteiger partial charge in [-0.05, 0) is 25.1 Å². The largest absolute Gasteiger partial charge is 0.455 e. The van der Waals surface area contributed by atoms with Crippen LogP contribution in [0.25, 0.3) is 0 Å². The summed E-state index contributed by atoms with van der Waals surface area (Å²) in [6, 6.07) is 13.3. The molecule has 9 nitrogen and oxygen atoms in total. The van der Waals surface area contributed by atoms with Crippen LogP contribution in [0.2, 0.25) is 0 Å². The summed E-state index contributed by atoms with van der Waals surface area (Å²) in [7, 11) is 0. The predicted octanol–water partition coefficient (Wildman–Crippen LogP) is 2.44. The number of carbonyl (C=O) groups is 3. The van der Waals surface area contributed by atoms with Crippen molar-refractivity contribution in [2.24, 2.45) is 5.92 Å². The van der Waals surface area contributed by atoms with Gasteiger partial charge in [0, 0.05) is 36.0 Å². The standard InChI is InChI=1S/C20H19N3O6/c1-13-7-8-15(10-17(13)23(27)28)21-18(24)12-29-20(26)14-9-19(25)22(11-14)16-5-3-2-4-6-16/h2-8,10,14H,9,11-12H2,1H3,(H,21,24)/t14-/m0/s1. The van der Waals surface area contributed by atoms with Gasteiger partial charge in [-0.15, -0.1) is 0 Å². The third kappa shape index (κ3) is 4.75. The first-order valence-electron chi connectivity index (χ1n) is 8.92. The molecule has 1 aliphatic rings. The van der Waals surface area contributed by atoms with Crippen LogP contribution in [0.3, 0.4) is 0 Å². The molecule has 150 valence electrons. The third-order valence-electron chi connectivity index (χ3n) is 4.56. The molecular formula is C20H19N3O6. The van der Waals surface area contributed by atoms with Crippen LogP contribution >= 0.6 is 0 Å². The smallest absolute Gasteiger partial charge is 0.311 e. The average molecular weight is 397 g/mol. The lowest BCUT2D eigenvalue weighted by Crippen LogP contribution is -2.28. The normalized spacial score (nSPS) is 15.8. The van der Waals surface area contributed by atoms with Gasteiger partial charge in [-0.2, -0.15) is 0 Å². The van der Waals surface area contributed by atoms with E-state index in [1.54, 1.807) is 31.2 Å². The van der Waals surface area contributed by atoms with Crippen LogP contribution in [0.1, 0.15) is 12.0 Å². The zero-order chi connectivity index (χ0) is 21.0. The number of aryl methyl sites for hydroxylation is 1. The molecule has 1 fully saturated rings. The fourth-order valence-electron chi connectivity index (χ4n) is 3.06. The van der Waals surface area contributed by atoms with Gasteiger partial charge in [-0.1, -0.05) is 24.3 Å². The Balaban J connectivity index is 1.53. The molecule has 29 heavy (non-hydrogen) atoms. The van der Waals surface area contributed by atoms with Crippen molar-refractivity contribution in [1.82, 2.24) is 0 Å². The van der Waals surface area contributed by atoms with Crippen LogP contribution in [0.15, 0.2) is 48.5 Å². The number of nitro benzene ring substituents is 1. The van der Waals surface area contributed by atoms with Crippen LogP contribution in [0.4, 0.5) is 17.1 Å². The van der Waals surface area contributed by atoms with Gasteiger partial charge in [0.05, 0.1) is 10.8 Å². The van der Waals surface area contributed by atoms with Crippen molar-refractivity contribution in [2.75, 3.05) is 23.4 Å². The molecule has 0 radical (unpaired) electrons. The molecule has 0 aliphatic carbocycles. The fraction of sp³-hybridized carbons (Fsp3) is 0.250. The molecule has 0 aromatic heterocycles. The maximum Gasteiger partial charge on any atom is 0.311 e. The van der Waals surface area contributed by atoms with Crippen LogP contribution < -0.4 is 10.2 Å². The monoisotopic (exact) mass is 397 g/mol. The second-order valence-electron chi connectivity index (χ2n) is 6.66. The van der Waals surface area contributed by atoms with Crippen molar-refractivity contribution in [3.63, 3.8) is 0 Å². The quantitative estimate of drug-likeness (QED) is 0.454.